The van der Waals surface area contributed by atoms with Gasteiger partial charge in [-0.1, -0.05) is 0 Å². The highest BCUT2D eigenvalue weighted by Crippen LogP contribution is 2.23. The van der Waals surface area contributed by atoms with E-state index in [9.17, 15) is 8.42 Å². The quantitative estimate of drug-likeness (QED) is 0.816. The largest absolute Gasteiger partial charge is 0.468 e. The molecule has 0 aromatic carbocycles. The van der Waals surface area contributed by atoms with E-state index in [0.29, 0.717) is 29.9 Å². The number of hydrogen-bond donors (Lipinski definition) is 2. The van der Waals surface area contributed by atoms with Crippen molar-refractivity contribution in [1.82, 2.24) is 10.0 Å². The van der Waals surface area contributed by atoms with Crippen molar-refractivity contribution >= 4 is 10.0 Å². The van der Waals surface area contributed by atoms with Crippen LogP contribution in [0.3, 0.4) is 0 Å². The van der Waals surface area contributed by atoms with Crippen LogP contribution in [0.2, 0.25) is 0 Å². The third-order valence-corrected chi connectivity index (χ3v) is 4.88. The monoisotopic (exact) mass is 310 g/mol. The molecule has 2 N–H and O–H groups in total. The molecule has 0 amide bonds. The minimum atomic E-state index is -3.60. The minimum absolute atomic E-state index is 0.121. The molecule has 21 heavy (non-hydrogen) atoms. The Labute approximate surface area is 123 Å². The number of sulfonamides is 1. The van der Waals surface area contributed by atoms with Crippen molar-refractivity contribution in [3.8, 4) is 0 Å². The van der Waals surface area contributed by atoms with Crippen LogP contribution in [0.4, 0.5) is 0 Å². The summed E-state index contributed by atoms with van der Waals surface area (Å²) in [5.74, 6) is 1.60. The van der Waals surface area contributed by atoms with Gasteiger partial charge in [-0.3, -0.25) is 0 Å². The molecular formula is C14H18N2O4S. The fraction of sp³-hybridized carbons (Fsp3) is 0.429. The molecule has 1 saturated carbocycles. The number of aryl methyl sites for hydroxylation is 1. The molecule has 0 unspecified atom stereocenters. The molecule has 2 aromatic rings. The lowest BCUT2D eigenvalue weighted by molar-refractivity contribution is 0.455. The van der Waals surface area contributed by atoms with Gasteiger partial charge >= 0.3 is 0 Å². The van der Waals surface area contributed by atoms with Crippen molar-refractivity contribution in [3.63, 3.8) is 0 Å². The highest BCUT2D eigenvalue weighted by atomic mass is 32.2. The molecular weight excluding hydrogens is 292 g/mol. The summed E-state index contributed by atoms with van der Waals surface area (Å²) in [7, 11) is -3.60. The van der Waals surface area contributed by atoms with Crippen molar-refractivity contribution in [1.29, 1.82) is 0 Å². The molecule has 0 atom stereocenters. The van der Waals surface area contributed by atoms with Crippen LogP contribution < -0.4 is 10.0 Å². The SMILES string of the molecule is Cc1oc(CNC2CC2)cc1S(=O)(=O)NCc1ccco1. The summed E-state index contributed by atoms with van der Waals surface area (Å²) in [6.07, 6.45) is 3.86. The number of hydrogen-bond acceptors (Lipinski definition) is 5. The highest BCUT2D eigenvalue weighted by molar-refractivity contribution is 7.89. The second-order valence-electron chi connectivity index (χ2n) is 5.19. The van der Waals surface area contributed by atoms with Crippen molar-refractivity contribution in [2.24, 2.45) is 0 Å². The molecule has 0 aliphatic heterocycles. The van der Waals surface area contributed by atoms with Gasteiger partial charge in [0, 0.05) is 12.1 Å². The van der Waals surface area contributed by atoms with Crippen LogP contribution in [0.25, 0.3) is 0 Å². The lowest BCUT2D eigenvalue weighted by Gasteiger charge is -2.03. The summed E-state index contributed by atoms with van der Waals surface area (Å²) < 4.78 is 37.7. The Hall–Kier alpha value is -1.57. The molecule has 1 aliphatic carbocycles. The second-order valence-corrected chi connectivity index (χ2v) is 6.93. The predicted molar refractivity (Wildman–Crippen MR) is 76.0 cm³/mol. The maximum absolute atomic E-state index is 12.3. The first-order valence-electron chi connectivity index (χ1n) is 6.89. The van der Waals surface area contributed by atoms with E-state index in [0.717, 1.165) is 0 Å². The molecule has 1 fully saturated rings. The van der Waals surface area contributed by atoms with Crippen LogP contribution in [0.15, 0.2) is 38.2 Å². The van der Waals surface area contributed by atoms with Crippen molar-refractivity contribution in [3.05, 3.63) is 41.7 Å². The summed E-state index contributed by atoms with van der Waals surface area (Å²) in [6.45, 7) is 2.33. The summed E-state index contributed by atoms with van der Waals surface area (Å²) in [5.41, 5.74) is 0. The van der Waals surface area contributed by atoms with Crippen LogP contribution in [0.1, 0.15) is 30.1 Å². The lowest BCUT2D eigenvalue weighted by Crippen LogP contribution is -2.23. The second kappa shape index (κ2) is 5.67. The van der Waals surface area contributed by atoms with E-state index in [1.54, 1.807) is 25.1 Å². The Morgan fingerprint density at radius 1 is 1.29 bits per heavy atom. The molecule has 0 saturated heterocycles. The Balaban J connectivity index is 1.68. The zero-order chi connectivity index (χ0) is 14.9. The predicted octanol–water partition coefficient (Wildman–Crippen LogP) is 1.91. The summed E-state index contributed by atoms with van der Waals surface area (Å²) in [6, 6.07) is 5.56. The van der Waals surface area contributed by atoms with Gasteiger partial charge in [-0.05, 0) is 31.9 Å². The zero-order valence-electron chi connectivity index (χ0n) is 11.8. The molecule has 0 radical (unpaired) electrons. The molecule has 6 nitrogen and oxygen atoms in total. The minimum Gasteiger partial charge on any atom is -0.468 e. The highest BCUT2D eigenvalue weighted by Gasteiger charge is 2.24. The molecule has 2 heterocycles. The Kier molecular flexibility index (Phi) is 3.88. The van der Waals surface area contributed by atoms with Crippen LogP contribution in [-0.2, 0) is 23.1 Å². The van der Waals surface area contributed by atoms with Crippen LogP contribution in [-0.4, -0.2) is 14.5 Å². The fourth-order valence-corrected chi connectivity index (χ4v) is 3.26. The normalized spacial score (nSPS) is 15.5. The average molecular weight is 310 g/mol. The van der Waals surface area contributed by atoms with Gasteiger partial charge in [-0.15, -0.1) is 0 Å². The summed E-state index contributed by atoms with van der Waals surface area (Å²) in [5, 5.41) is 3.30. The maximum Gasteiger partial charge on any atom is 0.244 e. The molecule has 3 rings (SSSR count). The van der Waals surface area contributed by atoms with Crippen LogP contribution >= 0.6 is 0 Å². The van der Waals surface area contributed by atoms with Crippen LogP contribution in [0, 0.1) is 6.92 Å². The first-order valence-corrected chi connectivity index (χ1v) is 8.37. The van der Waals surface area contributed by atoms with E-state index in [4.69, 9.17) is 8.83 Å². The molecule has 1 aliphatic rings. The standard InChI is InChI=1S/C14H18N2O4S/c1-10-14(7-13(20-10)8-15-11-4-5-11)21(17,18)16-9-12-3-2-6-19-12/h2-3,6-7,11,15-16H,4-5,8-9H2,1H3. The summed E-state index contributed by atoms with van der Waals surface area (Å²) >= 11 is 0. The molecule has 7 heteroatoms. The van der Waals surface area contributed by atoms with Gasteiger partial charge in [0.2, 0.25) is 10.0 Å². The molecule has 114 valence electrons. The van der Waals surface area contributed by atoms with Gasteiger partial charge in [-0.25, -0.2) is 13.1 Å². The van der Waals surface area contributed by atoms with Crippen LogP contribution in [0.5, 0.6) is 0 Å². The van der Waals surface area contributed by atoms with E-state index < -0.39 is 10.0 Å². The van der Waals surface area contributed by atoms with Crippen molar-refractivity contribution < 1.29 is 17.3 Å². The zero-order valence-corrected chi connectivity index (χ0v) is 12.6. The van der Waals surface area contributed by atoms with Gasteiger partial charge < -0.3 is 14.2 Å². The van der Waals surface area contributed by atoms with E-state index in [2.05, 4.69) is 10.0 Å². The van der Waals surface area contributed by atoms with Crippen molar-refractivity contribution in [2.75, 3.05) is 0 Å². The van der Waals surface area contributed by atoms with E-state index in [-0.39, 0.29) is 11.4 Å². The molecule has 2 aromatic heterocycles. The number of furan rings is 2. The lowest BCUT2D eigenvalue weighted by atomic mass is 10.4. The number of rotatable bonds is 7. The fourth-order valence-electron chi connectivity index (χ4n) is 2.07. The Morgan fingerprint density at radius 3 is 2.76 bits per heavy atom. The van der Waals surface area contributed by atoms with E-state index >= 15 is 0 Å². The third kappa shape index (κ3) is 3.55. The smallest absolute Gasteiger partial charge is 0.244 e. The Morgan fingerprint density at radius 2 is 2.10 bits per heavy atom. The number of nitrogens with one attached hydrogen (secondary N) is 2. The molecule has 0 bridgehead atoms. The Bertz CT molecular complexity index is 699. The third-order valence-electron chi connectivity index (χ3n) is 3.37. The van der Waals surface area contributed by atoms with Crippen molar-refractivity contribution in [2.45, 2.75) is 43.8 Å². The topological polar surface area (TPSA) is 84.5 Å². The van der Waals surface area contributed by atoms with Gasteiger partial charge in [0.05, 0.1) is 19.4 Å². The van der Waals surface area contributed by atoms with E-state index in [1.807, 2.05) is 0 Å². The van der Waals surface area contributed by atoms with Gasteiger partial charge in [0.25, 0.3) is 0 Å². The molecule has 0 spiro atoms. The average Bonchev–Trinajstić information content (AvgIpc) is 2.97. The van der Waals surface area contributed by atoms with Gasteiger partial charge in [0.15, 0.2) is 0 Å². The van der Waals surface area contributed by atoms with E-state index in [1.165, 1.54) is 19.1 Å². The van der Waals surface area contributed by atoms with Gasteiger partial charge in [-0.2, -0.15) is 0 Å². The first-order chi connectivity index (χ1) is 10.0. The maximum atomic E-state index is 12.3. The summed E-state index contributed by atoms with van der Waals surface area (Å²) in [4.78, 5) is 0.182. The van der Waals surface area contributed by atoms with Gasteiger partial charge in [0.1, 0.15) is 22.2 Å². The first kappa shape index (κ1) is 14.4.